The Morgan fingerprint density at radius 2 is 1.67 bits per heavy atom. The van der Waals surface area contributed by atoms with E-state index in [4.69, 9.17) is 4.74 Å². The summed E-state index contributed by atoms with van der Waals surface area (Å²) in [5.41, 5.74) is 3.06. The standard InChI is InChI=1S/C22H36N2O2.Y/c1-6-12-20(24(7-2)13-10-8-9-11-14-24)22(25)23-21-17(3)15-19(26-5)16-18(21)4;/h15-16,20H,6-14H2,1-5H3;/p+1. The van der Waals surface area contributed by atoms with E-state index in [0.29, 0.717) is 0 Å². The minimum atomic E-state index is 0. The van der Waals surface area contributed by atoms with E-state index in [1.54, 1.807) is 7.11 Å². The molecule has 0 bridgehead atoms. The van der Waals surface area contributed by atoms with Gasteiger partial charge < -0.3 is 14.5 Å². The summed E-state index contributed by atoms with van der Waals surface area (Å²) in [6.07, 6.45) is 7.07. The van der Waals surface area contributed by atoms with Crippen LogP contribution in [0.1, 0.15) is 63.5 Å². The maximum atomic E-state index is 13.4. The number of anilines is 1. The molecule has 1 aromatic carbocycles. The molecule has 27 heavy (non-hydrogen) atoms. The molecule has 1 amide bonds. The van der Waals surface area contributed by atoms with Gasteiger partial charge in [0.2, 0.25) is 0 Å². The van der Waals surface area contributed by atoms with E-state index in [-0.39, 0.29) is 44.7 Å². The van der Waals surface area contributed by atoms with Crippen molar-refractivity contribution in [1.29, 1.82) is 0 Å². The molecule has 4 nitrogen and oxygen atoms in total. The molecule has 149 valence electrons. The van der Waals surface area contributed by atoms with Crippen molar-refractivity contribution in [1.82, 2.24) is 0 Å². The molecular formula is C22H37N2O2Y+. The van der Waals surface area contributed by atoms with Gasteiger partial charge in [0.05, 0.1) is 26.7 Å². The van der Waals surface area contributed by atoms with Gasteiger partial charge in [-0.25, -0.2) is 0 Å². The minimum Gasteiger partial charge on any atom is -0.497 e. The second-order valence-electron chi connectivity index (χ2n) is 7.83. The summed E-state index contributed by atoms with van der Waals surface area (Å²) in [5, 5.41) is 3.28. The summed E-state index contributed by atoms with van der Waals surface area (Å²) in [6.45, 7) is 11.8. The predicted octanol–water partition coefficient (Wildman–Crippen LogP) is 4.83. The van der Waals surface area contributed by atoms with Crippen molar-refractivity contribution in [2.45, 2.75) is 72.3 Å². The Labute approximate surface area is 190 Å². The van der Waals surface area contributed by atoms with Crippen molar-refractivity contribution >= 4 is 11.6 Å². The van der Waals surface area contributed by atoms with Crippen molar-refractivity contribution in [3.8, 4) is 5.75 Å². The summed E-state index contributed by atoms with van der Waals surface area (Å²) >= 11 is 0. The average molecular weight is 450 g/mol. The van der Waals surface area contributed by atoms with Gasteiger partial charge >= 0.3 is 0 Å². The fraction of sp³-hybridized carbons (Fsp3) is 0.682. The molecule has 1 N–H and O–H groups in total. The molecule has 0 saturated carbocycles. The number of carbonyl (C=O) groups is 1. The number of aryl methyl sites for hydroxylation is 2. The van der Waals surface area contributed by atoms with Crippen LogP contribution in [0.2, 0.25) is 0 Å². The Balaban J connectivity index is 0.00000364. The van der Waals surface area contributed by atoms with E-state index in [0.717, 1.165) is 59.5 Å². The summed E-state index contributed by atoms with van der Waals surface area (Å²) in [7, 11) is 1.68. The van der Waals surface area contributed by atoms with Crippen LogP contribution in [0.4, 0.5) is 5.69 Å². The second-order valence-corrected chi connectivity index (χ2v) is 7.83. The Kier molecular flexibility index (Phi) is 10.5. The number of hydrogen-bond acceptors (Lipinski definition) is 2. The molecule has 1 aliphatic heterocycles. The Morgan fingerprint density at radius 3 is 2.11 bits per heavy atom. The van der Waals surface area contributed by atoms with Crippen LogP contribution in [0.3, 0.4) is 0 Å². The minimum absolute atomic E-state index is 0. The zero-order valence-electron chi connectivity index (χ0n) is 17.9. The third kappa shape index (κ3) is 6.01. The van der Waals surface area contributed by atoms with Gasteiger partial charge in [-0.2, -0.15) is 0 Å². The number of nitrogens with one attached hydrogen (secondary N) is 1. The van der Waals surface area contributed by atoms with Crippen LogP contribution in [0.25, 0.3) is 0 Å². The van der Waals surface area contributed by atoms with E-state index in [1.165, 1.54) is 25.7 Å². The molecule has 1 saturated heterocycles. The Bertz CT molecular complexity index is 587. The van der Waals surface area contributed by atoms with E-state index >= 15 is 0 Å². The van der Waals surface area contributed by atoms with E-state index in [9.17, 15) is 4.79 Å². The van der Waals surface area contributed by atoms with Crippen LogP contribution >= 0.6 is 0 Å². The van der Waals surface area contributed by atoms with Crippen molar-refractivity contribution in [2.24, 2.45) is 0 Å². The summed E-state index contributed by atoms with van der Waals surface area (Å²) in [4.78, 5) is 13.4. The first-order valence-corrected chi connectivity index (χ1v) is 10.3. The summed E-state index contributed by atoms with van der Waals surface area (Å²) < 4.78 is 6.30. The molecule has 1 radical (unpaired) electrons. The molecule has 0 aromatic heterocycles. The smallest absolute Gasteiger partial charge is 0.282 e. The topological polar surface area (TPSA) is 38.3 Å². The number of likely N-dealkylation sites (tertiary alicyclic amines) is 1. The number of likely N-dealkylation sites (N-methyl/N-ethyl adjacent to an activating group) is 1. The molecule has 2 rings (SSSR count). The number of quaternary nitrogens is 1. The molecule has 1 unspecified atom stereocenters. The van der Waals surface area contributed by atoms with Gasteiger partial charge in [0, 0.05) is 44.8 Å². The molecule has 1 heterocycles. The van der Waals surface area contributed by atoms with Crippen LogP contribution in [0, 0.1) is 13.8 Å². The number of amides is 1. The number of nitrogens with zero attached hydrogens (tertiary/aromatic N) is 1. The summed E-state index contributed by atoms with van der Waals surface area (Å²) in [5.74, 6) is 1.03. The first-order chi connectivity index (χ1) is 12.5. The molecule has 0 spiro atoms. The second kappa shape index (κ2) is 11.5. The van der Waals surface area contributed by atoms with Gasteiger partial charge in [0.1, 0.15) is 5.75 Å². The molecule has 1 aliphatic rings. The number of ether oxygens (including phenoxy) is 1. The van der Waals surface area contributed by atoms with Crippen LogP contribution in [0.5, 0.6) is 5.75 Å². The van der Waals surface area contributed by atoms with Crippen molar-refractivity contribution in [2.75, 3.05) is 32.1 Å². The number of carbonyl (C=O) groups excluding carboxylic acids is 1. The van der Waals surface area contributed by atoms with Crippen LogP contribution in [0.15, 0.2) is 12.1 Å². The molecule has 1 aromatic rings. The number of rotatable bonds is 7. The molecule has 5 heteroatoms. The third-order valence-corrected chi connectivity index (χ3v) is 6.10. The quantitative estimate of drug-likeness (QED) is 0.605. The van der Waals surface area contributed by atoms with E-state index < -0.39 is 0 Å². The Hall–Kier alpha value is -0.446. The van der Waals surface area contributed by atoms with Crippen LogP contribution in [-0.2, 0) is 37.5 Å². The van der Waals surface area contributed by atoms with E-state index in [2.05, 4.69) is 19.2 Å². The number of hydrogen-bond donors (Lipinski definition) is 1. The fourth-order valence-corrected chi connectivity index (χ4v) is 4.54. The van der Waals surface area contributed by atoms with Gasteiger partial charge in [-0.05, 0) is 76.1 Å². The SMILES string of the molecule is CCCC(C(=O)Nc1c(C)cc(OC)cc1C)[N+]1(CC)CCCCCC1.[Y]. The monoisotopic (exact) mass is 450 g/mol. The van der Waals surface area contributed by atoms with Gasteiger partial charge in [-0.3, -0.25) is 4.79 Å². The molecular weight excluding hydrogens is 413 g/mol. The largest absolute Gasteiger partial charge is 0.497 e. The third-order valence-electron chi connectivity index (χ3n) is 6.10. The average Bonchev–Trinajstić information content (AvgIpc) is 2.88. The van der Waals surface area contributed by atoms with Gasteiger partial charge in [-0.1, -0.05) is 6.92 Å². The summed E-state index contributed by atoms with van der Waals surface area (Å²) in [6, 6.07) is 4.03. The normalized spacial score (nSPS) is 17.4. The number of benzene rings is 1. The molecule has 1 fully saturated rings. The molecule has 0 aliphatic carbocycles. The van der Waals surface area contributed by atoms with Crippen molar-refractivity contribution < 1.29 is 46.7 Å². The zero-order valence-corrected chi connectivity index (χ0v) is 20.8. The zero-order chi connectivity index (χ0) is 19.2. The maximum absolute atomic E-state index is 13.4. The Morgan fingerprint density at radius 1 is 1.11 bits per heavy atom. The predicted molar refractivity (Wildman–Crippen MR) is 109 cm³/mol. The first-order valence-electron chi connectivity index (χ1n) is 10.3. The van der Waals surface area contributed by atoms with Crippen molar-refractivity contribution in [3.63, 3.8) is 0 Å². The van der Waals surface area contributed by atoms with Gasteiger partial charge in [-0.15, -0.1) is 0 Å². The van der Waals surface area contributed by atoms with Crippen LogP contribution in [-0.4, -0.2) is 43.2 Å². The van der Waals surface area contributed by atoms with Gasteiger partial charge in [0.15, 0.2) is 6.04 Å². The van der Waals surface area contributed by atoms with E-state index in [1.807, 2.05) is 26.0 Å². The first kappa shape index (κ1) is 24.6. The maximum Gasteiger partial charge on any atom is 0.282 e. The fourth-order valence-electron chi connectivity index (χ4n) is 4.54. The molecule has 1 atom stereocenters. The number of methoxy groups -OCH3 is 1. The van der Waals surface area contributed by atoms with Gasteiger partial charge in [0.25, 0.3) is 5.91 Å². The van der Waals surface area contributed by atoms with Crippen molar-refractivity contribution in [3.05, 3.63) is 23.3 Å². The van der Waals surface area contributed by atoms with Crippen LogP contribution < -0.4 is 10.1 Å².